The molecule has 2 aromatic carbocycles. The predicted octanol–water partition coefficient (Wildman–Crippen LogP) is 3.16. The predicted molar refractivity (Wildman–Crippen MR) is 78.2 cm³/mol. The first-order chi connectivity index (χ1) is 9.08. The molecule has 0 saturated carbocycles. The molecule has 0 saturated heterocycles. The van der Waals surface area contributed by atoms with E-state index in [-0.39, 0.29) is 5.91 Å². The van der Waals surface area contributed by atoms with E-state index >= 15 is 0 Å². The number of hydrogen-bond donors (Lipinski definition) is 2. The van der Waals surface area contributed by atoms with Crippen LogP contribution in [0.3, 0.4) is 0 Å². The van der Waals surface area contributed by atoms with E-state index in [1.807, 2.05) is 25.1 Å². The maximum atomic E-state index is 12.1. The van der Waals surface area contributed by atoms with Crippen LogP contribution >= 0.6 is 11.6 Å². The lowest BCUT2D eigenvalue weighted by atomic mass is 10.1. The second-order valence-electron chi connectivity index (χ2n) is 4.33. The molecule has 1 amide bonds. The third-order valence-corrected chi connectivity index (χ3v) is 3.20. The molecule has 0 aliphatic carbocycles. The van der Waals surface area contributed by atoms with Gasteiger partial charge in [0.25, 0.3) is 5.91 Å². The van der Waals surface area contributed by atoms with Crippen molar-refractivity contribution in [2.45, 2.75) is 13.5 Å². The monoisotopic (exact) mass is 274 g/mol. The van der Waals surface area contributed by atoms with Gasteiger partial charge in [-0.05, 0) is 42.3 Å². The van der Waals surface area contributed by atoms with Crippen LogP contribution in [-0.4, -0.2) is 5.91 Å². The lowest BCUT2D eigenvalue weighted by Gasteiger charge is -2.09. The highest BCUT2D eigenvalue weighted by Crippen LogP contribution is 2.16. The lowest BCUT2D eigenvalue weighted by molar-refractivity contribution is 0.0950. The fraction of sp³-hybridized carbons (Fsp3) is 0.133. The van der Waals surface area contributed by atoms with Gasteiger partial charge < -0.3 is 11.1 Å². The van der Waals surface area contributed by atoms with Gasteiger partial charge in [-0.25, -0.2) is 0 Å². The van der Waals surface area contributed by atoms with E-state index in [4.69, 9.17) is 17.3 Å². The molecule has 0 aliphatic rings. The number of nitrogen functional groups attached to an aromatic ring is 1. The van der Waals surface area contributed by atoms with Gasteiger partial charge in [0.15, 0.2) is 0 Å². The summed E-state index contributed by atoms with van der Waals surface area (Å²) in [5.74, 6) is -0.134. The van der Waals surface area contributed by atoms with E-state index in [9.17, 15) is 4.79 Å². The van der Waals surface area contributed by atoms with Gasteiger partial charge in [-0.2, -0.15) is 0 Å². The Morgan fingerprint density at radius 3 is 2.74 bits per heavy atom. The highest BCUT2D eigenvalue weighted by atomic mass is 35.5. The van der Waals surface area contributed by atoms with E-state index in [2.05, 4.69) is 5.32 Å². The van der Waals surface area contributed by atoms with Crippen LogP contribution in [0.15, 0.2) is 42.5 Å². The Kier molecular flexibility index (Phi) is 4.07. The molecule has 0 radical (unpaired) electrons. The van der Waals surface area contributed by atoms with Crippen LogP contribution in [-0.2, 0) is 6.54 Å². The number of halogens is 1. The van der Waals surface area contributed by atoms with Crippen LogP contribution in [0.5, 0.6) is 0 Å². The van der Waals surface area contributed by atoms with E-state index in [1.165, 1.54) is 0 Å². The minimum atomic E-state index is -0.134. The van der Waals surface area contributed by atoms with Crippen molar-refractivity contribution in [2.75, 3.05) is 5.73 Å². The molecular weight excluding hydrogens is 260 g/mol. The number of carbonyl (C=O) groups is 1. The molecule has 2 rings (SSSR count). The number of anilines is 1. The van der Waals surface area contributed by atoms with Crippen molar-refractivity contribution in [1.82, 2.24) is 5.32 Å². The first kappa shape index (κ1) is 13.4. The number of nitrogens with one attached hydrogen (secondary N) is 1. The molecule has 0 aromatic heterocycles. The standard InChI is InChI=1S/C15H15ClN2O/c1-10-13(6-3-7-14(10)17)15(19)18-9-11-4-2-5-12(16)8-11/h2-8H,9,17H2,1H3,(H,18,19). The van der Waals surface area contributed by atoms with E-state index in [1.54, 1.807) is 24.3 Å². The molecule has 0 aliphatic heterocycles. The average molecular weight is 275 g/mol. The fourth-order valence-corrected chi connectivity index (χ4v) is 2.04. The van der Waals surface area contributed by atoms with Gasteiger partial charge >= 0.3 is 0 Å². The summed E-state index contributed by atoms with van der Waals surface area (Å²) < 4.78 is 0. The summed E-state index contributed by atoms with van der Waals surface area (Å²) in [6.45, 7) is 2.28. The maximum Gasteiger partial charge on any atom is 0.251 e. The van der Waals surface area contributed by atoms with Gasteiger partial charge in [0.1, 0.15) is 0 Å². The Morgan fingerprint density at radius 2 is 2.00 bits per heavy atom. The van der Waals surface area contributed by atoms with Crippen LogP contribution in [0.4, 0.5) is 5.69 Å². The maximum absolute atomic E-state index is 12.1. The third kappa shape index (κ3) is 3.26. The van der Waals surface area contributed by atoms with Crippen molar-refractivity contribution in [3.05, 3.63) is 64.2 Å². The number of rotatable bonds is 3. The zero-order valence-corrected chi connectivity index (χ0v) is 11.4. The van der Waals surface area contributed by atoms with Crippen LogP contribution in [0.25, 0.3) is 0 Å². The average Bonchev–Trinajstić information content (AvgIpc) is 2.39. The van der Waals surface area contributed by atoms with Crippen LogP contribution in [0.2, 0.25) is 5.02 Å². The molecule has 0 fully saturated rings. The van der Waals surface area contributed by atoms with Crippen molar-refractivity contribution >= 4 is 23.2 Å². The quantitative estimate of drug-likeness (QED) is 0.845. The second kappa shape index (κ2) is 5.76. The van der Waals surface area contributed by atoms with Gasteiger partial charge in [0.05, 0.1) is 0 Å². The van der Waals surface area contributed by atoms with Crippen LogP contribution in [0.1, 0.15) is 21.5 Å². The highest BCUT2D eigenvalue weighted by molar-refractivity contribution is 6.30. The molecule has 0 atom stereocenters. The molecule has 4 heteroatoms. The molecule has 2 aromatic rings. The number of hydrogen-bond acceptors (Lipinski definition) is 2. The molecule has 0 heterocycles. The molecular formula is C15H15ClN2O. The third-order valence-electron chi connectivity index (χ3n) is 2.96. The van der Waals surface area contributed by atoms with Crippen molar-refractivity contribution in [2.24, 2.45) is 0 Å². The summed E-state index contributed by atoms with van der Waals surface area (Å²) in [5.41, 5.74) is 8.77. The van der Waals surface area contributed by atoms with Gasteiger partial charge in [-0.3, -0.25) is 4.79 Å². The molecule has 3 N–H and O–H groups in total. The summed E-state index contributed by atoms with van der Waals surface area (Å²) in [5, 5.41) is 3.52. The second-order valence-corrected chi connectivity index (χ2v) is 4.77. The first-order valence-electron chi connectivity index (χ1n) is 5.95. The smallest absolute Gasteiger partial charge is 0.251 e. The topological polar surface area (TPSA) is 55.1 Å². The minimum Gasteiger partial charge on any atom is -0.398 e. The summed E-state index contributed by atoms with van der Waals surface area (Å²) in [7, 11) is 0. The first-order valence-corrected chi connectivity index (χ1v) is 6.33. The SMILES string of the molecule is Cc1c(N)cccc1C(=O)NCc1cccc(Cl)c1. The van der Waals surface area contributed by atoms with E-state index in [0.29, 0.717) is 22.8 Å². The Balaban J connectivity index is 2.08. The molecule has 0 unspecified atom stereocenters. The Morgan fingerprint density at radius 1 is 1.26 bits per heavy atom. The summed E-state index contributed by atoms with van der Waals surface area (Å²) in [6, 6.07) is 12.7. The Labute approximate surface area is 117 Å². The van der Waals surface area contributed by atoms with Gasteiger partial charge in [-0.1, -0.05) is 29.8 Å². The Bertz CT molecular complexity index is 611. The van der Waals surface area contributed by atoms with Gasteiger partial charge in [-0.15, -0.1) is 0 Å². The fourth-order valence-electron chi connectivity index (χ4n) is 1.82. The Hall–Kier alpha value is -2.00. The normalized spacial score (nSPS) is 10.2. The molecule has 3 nitrogen and oxygen atoms in total. The number of benzene rings is 2. The van der Waals surface area contributed by atoms with E-state index < -0.39 is 0 Å². The largest absolute Gasteiger partial charge is 0.398 e. The minimum absolute atomic E-state index is 0.134. The lowest BCUT2D eigenvalue weighted by Crippen LogP contribution is -2.23. The molecule has 0 bridgehead atoms. The summed E-state index contributed by atoms with van der Waals surface area (Å²) in [4.78, 5) is 12.1. The van der Waals surface area contributed by atoms with Crippen LogP contribution in [0, 0.1) is 6.92 Å². The number of carbonyl (C=O) groups excluding carboxylic acids is 1. The molecule has 0 spiro atoms. The molecule has 98 valence electrons. The number of amides is 1. The van der Waals surface area contributed by atoms with E-state index in [0.717, 1.165) is 11.1 Å². The number of nitrogens with two attached hydrogens (primary N) is 1. The van der Waals surface area contributed by atoms with Crippen molar-refractivity contribution in [3.63, 3.8) is 0 Å². The van der Waals surface area contributed by atoms with Gasteiger partial charge in [0.2, 0.25) is 0 Å². The van der Waals surface area contributed by atoms with Gasteiger partial charge in [0, 0.05) is 22.8 Å². The van der Waals surface area contributed by atoms with Crippen molar-refractivity contribution < 1.29 is 4.79 Å². The summed E-state index contributed by atoms with van der Waals surface area (Å²) >= 11 is 5.89. The summed E-state index contributed by atoms with van der Waals surface area (Å²) in [6.07, 6.45) is 0. The van der Waals surface area contributed by atoms with Crippen molar-refractivity contribution in [1.29, 1.82) is 0 Å². The van der Waals surface area contributed by atoms with Crippen LogP contribution < -0.4 is 11.1 Å². The highest BCUT2D eigenvalue weighted by Gasteiger charge is 2.09. The van der Waals surface area contributed by atoms with Crippen molar-refractivity contribution in [3.8, 4) is 0 Å². The zero-order chi connectivity index (χ0) is 13.8. The molecule has 19 heavy (non-hydrogen) atoms. The zero-order valence-electron chi connectivity index (χ0n) is 10.6.